The summed E-state index contributed by atoms with van der Waals surface area (Å²) in [6, 6.07) is 10.9. The van der Waals surface area contributed by atoms with Crippen molar-refractivity contribution in [3.8, 4) is 17.0 Å². The molecule has 0 aliphatic rings. The van der Waals surface area contributed by atoms with Gasteiger partial charge >= 0.3 is 0 Å². The van der Waals surface area contributed by atoms with Crippen LogP contribution in [0.3, 0.4) is 0 Å². The van der Waals surface area contributed by atoms with Gasteiger partial charge in [-0.15, -0.1) is 0 Å². The van der Waals surface area contributed by atoms with E-state index in [1.165, 1.54) is 13.1 Å². The van der Waals surface area contributed by atoms with Gasteiger partial charge in [-0.25, -0.2) is 9.97 Å². The summed E-state index contributed by atoms with van der Waals surface area (Å²) in [5.74, 6) is 0.701. The zero-order chi connectivity index (χ0) is 20.3. The lowest BCUT2D eigenvalue weighted by atomic mass is 10.1. The van der Waals surface area contributed by atoms with E-state index in [0.29, 0.717) is 23.6 Å². The summed E-state index contributed by atoms with van der Waals surface area (Å²) in [6.07, 6.45) is 1.53. The van der Waals surface area contributed by atoms with E-state index in [4.69, 9.17) is 9.47 Å². The number of hydrogen-bond donors (Lipinski definition) is 0. The average molecular weight is 398 g/mol. The van der Waals surface area contributed by atoms with Crippen molar-refractivity contribution < 1.29 is 14.3 Å². The molecule has 0 spiro atoms. The number of carbonyl (C=O) groups is 1. The number of aromatic nitrogens is 3. The second-order valence-electron chi connectivity index (χ2n) is 8.05. The van der Waals surface area contributed by atoms with Crippen molar-refractivity contribution >= 4 is 25.0 Å². The minimum atomic E-state index is -1.15. The fourth-order valence-electron chi connectivity index (χ4n) is 2.86. The number of Topliss-reactive ketones (excluding diaryl/α,β-unsaturated/α-hetero) is 1. The van der Waals surface area contributed by atoms with Crippen molar-refractivity contribution in [1.82, 2.24) is 14.5 Å². The first-order valence-corrected chi connectivity index (χ1v) is 13.1. The van der Waals surface area contributed by atoms with E-state index in [1.54, 1.807) is 7.11 Å². The fraction of sp³-hybridized carbons (Fsp3) is 0.381. The third kappa shape index (κ3) is 4.66. The van der Waals surface area contributed by atoms with Gasteiger partial charge in [0.2, 0.25) is 0 Å². The predicted molar refractivity (Wildman–Crippen MR) is 114 cm³/mol. The van der Waals surface area contributed by atoms with Crippen LogP contribution in [0.5, 0.6) is 5.75 Å². The monoisotopic (exact) mass is 397 g/mol. The molecule has 0 amide bonds. The van der Waals surface area contributed by atoms with Crippen LogP contribution in [0.4, 0.5) is 0 Å². The highest BCUT2D eigenvalue weighted by Crippen LogP contribution is 2.28. The van der Waals surface area contributed by atoms with Gasteiger partial charge in [-0.3, -0.25) is 9.36 Å². The Morgan fingerprint density at radius 1 is 1.18 bits per heavy atom. The maximum Gasteiger partial charge on any atom is 0.179 e. The first kappa shape index (κ1) is 20.2. The molecule has 0 bridgehead atoms. The van der Waals surface area contributed by atoms with Crippen LogP contribution in [-0.4, -0.2) is 42.1 Å². The van der Waals surface area contributed by atoms with Crippen molar-refractivity contribution in [3.63, 3.8) is 0 Å². The van der Waals surface area contributed by atoms with Gasteiger partial charge in [0.25, 0.3) is 0 Å². The lowest BCUT2D eigenvalue weighted by molar-refractivity contribution is 0.0909. The zero-order valence-corrected chi connectivity index (χ0v) is 18.2. The van der Waals surface area contributed by atoms with Crippen molar-refractivity contribution in [2.75, 3.05) is 13.7 Å². The first-order valence-electron chi connectivity index (χ1n) is 9.38. The molecule has 3 aromatic rings. The normalized spacial score (nSPS) is 11.8. The lowest BCUT2D eigenvalue weighted by Gasteiger charge is -2.16. The van der Waals surface area contributed by atoms with Crippen LogP contribution in [0.15, 0.2) is 36.5 Å². The van der Waals surface area contributed by atoms with Crippen LogP contribution >= 0.6 is 0 Å². The van der Waals surface area contributed by atoms with E-state index in [1.807, 2.05) is 34.9 Å². The number of ether oxygens (including phenoxy) is 2. The Hall–Kier alpha value is -2.51. The summed E-state index contributed by atoms with van der Waals surface area (Å²) in [5.41, 5.74) is 3.73. The number of hydrogen-bond acceptors (Lipinski definition) is 5. The minimum absolute atomic E-state index is 0.0977. The molecule has 0 N–H and O–H groups in total. The molecule has 1 aromatic carbocycles. The zero-order valence-electron chi connectivity index (χ0n) is 17.2. The molecule has 0 radical (unpaired) electrons. The van der Waals surface area contributed by atoms with Crippen LogP contribution in [-0.2, 0) is 11.5 Å². The smallest absolute Gasteiger partial charge is 0.179 e. The Balaban J connectivity index is 1.97. The van der Waals surface area contributed by atoms with E-state index in [-0.39, 0.29) is 5.78 Å². The van der Waals surface area contributed by atoms with Crippen LogP contribution in [0.2, 0.25) is 25.7 Å². The van der Waals surface area contributed by atoms with Gasteiger partial charge in [-0.2, -0.15) is 0 Å². The summed E-state index contributed by atoms with van der Waals surface area (Å²) in [6.45, 7) is 9.60. The van der Waals surface area contributed by atoms with E-state index < -0.39 is 8.07 Å². The molecule has 148 valence electrons. The molecule has 0 unspecified atom stereocenters. The summed E-state index contributed by atoms with van der Waals surface area (Å²) in [4.78, 5) is 20.7. The number of benzene rings is 1. The molecule has 7 heteroatoms. The molecular formula is C21H27N3O3Si. The second kappa shape index (κ2) is 8.24. The molecular weight excluding hydrogens is 370 g/mol. The minimum Gasteiger partial charge on any atom is -0.497 e. The van der Waals surface area contributed by atoms with E-state index >= 15 is 0 Å². The second-order valence-corrected chi connectivity index (χ2v) is 13.7. The van der Waals surface area contributed by atoms with Gasteiger partial charge in [0.05, 0.1) is 19.0 Å². The molecule has 0 saturated heterocycles. The van der Waals surface area contributed by atoms with Crippen molar-refractivity contribution in [3.05, 3.63) is 42.2 Å². The average Bonchev–Trinajstić information content (AvgIpc) is 3.02. The highest BCUT2D eigenvalue weighted by atomic mass is 28.3. The molecule has 3 rings (SSSR count). The van der Waals surface area contributed by atoms with Gasteiger partial charge in [-0.1, -0.05) is 19.6 Å². The number of methoxy groups -OCH3 is 1. The lowest BCUT2D eigenvalue weighted by Crippen LogP contribution is -2.22. The molecule has 2 aromatic heterocycles. The van der Waals surface area contributed by atoms with E-state index in [2.05, 4.69) is 29.6 Å². The van der Waals surface area contributed by atoms with Gasteiger partial charge < -0.3 is 9.47 Å². The SMILES string of the molecule is COc1ccc(-c2cc3nc(C(C)=O)cnc3n2COCC[Si](C)(C)C)cc1. The maximum atomic E-state index is 11.7. The topological polar surface area (TPSA) is 66.2 Å². The molecule has 6 nitrogen and oxygen atoms in total. The highest BCUT2D eigenvalue weighted by molar-refractivity contribution is 6.76. The van der Waals surface area contributed by atoms with Crippen LogP contribution in [0.25, 0.3) is 22.4 Å². The Kier molecular flexibility index (Phi) is 5.95. The predicted octanol–water partition coefficient (Wildman–Crippen LogP) is 4.62. The maximum absolute atomic E-state index is 11.7. The number of carbonyl (C=O) groups excluding carboxylic acids is 1. The van der Waals surface area contributed by atoms with Crippen molar-refractivity contribution in [2.45, 2.75) is 39.3 Å². The van der Waals surface area contributed by atoms with Crippen LogP contribution < -0.4 is 4.74 Å². The largest absolute Gasteiger partial charge is 0.497 e. The Bertz CT molecular complexity index is 975. The number of fused-ring (bicyclic) bond motifs is 1. The summed E-state index contributed by atoms with van der Waals surface area (Å²) >= 11 is 0. The van der Waals surface area contributed by atoms with Gasteiger partial charge in [0, 0.05) is 21.6 Å². The van der Waals surface area contributed by atoms with Crippen molar-refractivity contribution in [1.29, 1.82) is 0 Å². The van der Waals surface area contributed by atoms with Gasteiger partial charge in [0.1, 0.15) is 23.7 Å². The summed E-state index contributed by atoms with van der Waals surface area (Å²) in [7, 11) is 0.494. The third-order valence-electron chi connectivity index (χ3n) is 4.56. The van der Waals surface area contributed by atoms with Gasteiger partial charge in [0.15, 0.2) is 11.4 Å². The third-order valence-corrected chi connectivity index (χ3v) is 6.27. The number of ketones is 1. The molecule has 0 fully saturated rings. The van der Waals surface area contributed by atoms with Gasteiger partial charge in [-0.05, 0) is 41.9 Å². The Morgan fingerprint density at radius 2 is 1.89 bits per heavy atom. The van der Waals surface area contributed by atoms with Crippen LogP contribution in [0.1, 0.15) is 17.4 Å². The quantitative estimate of drug-likeness (QED) is 0.315. The molecule has 0 aliphatic carbocycles. The Morgan fingerprint density at radius 3 is 2.50 bits per heavy atom. The van der Waals surface area contributed by atoms with E-state index in [0.717, 1.165) is 29.7 Å². The fourth-order valence-corrected chi connectivity index (χ4v) is 3.62. The summed E-state index contributed by atoms with van der Waals surface area (Å²) in [5, 5.41) is 0. The number of rotatable bonds is 8. The molecule has 0 saturated carbocycles. The standard InChI is InChI=1S/C21H27N3O3Si/c1-15(25)19-13-22-21-18(23-19)12-20(16-6-8-17(26-2)9-7-16)24(21)14-27-10-11-28(3,4)5/h6-9,12-13H,10-11,14H2,1-5H3. The number of nitrogens with zero attached hydrogens (tertiary/aromatic N) is 3. The molecule has 0 atom stereocenters. The molecule has 28 heavy (non-hydrogen) atoms. The van der Waals surface area contributed by atoms with E-state index in [9.17, 15) is 4.79 Å². The molecule has 2 heterocycles. The Labute approximate surface area is 166 Å². The first-order chi connectivity index (χ1) is 13.3. The van der Waals surface area contributed by atoms with Crippen molar-refractivity contribution in [2.24, 2.45) is 0 Å². The summed E-state index contributed by atoms with van der Waals surface area (Å²) < 4.78 is 13.3. The highest BCUT2D eigenvalue weighted by Gasteiger charge is 2.16. The van der Waals surface area contributed by atoms with Crippen LogP contribution in [0, 0.1) is 0 Å². The molecule has 0 aliphatic heterocycles.